The molecule has 0 aromatic rings. The molecule has 0 amide bonds. The molecule has 3 N–H and O–H groups in total. The summed E-state index contributed by atoms with van der Waals surface area (Å²) in [4.78, 5) is 4.63. The van der Waals surface area contributed by atoms with E-state index in [9.17, 15) is 5.11 Å². The SMILES string of the molecule is CCNC(=NCC1(CCO)CCOC1)NCCOCC. The van der Waals surface area contributed by atoms with Gasteiger partial charge in [-0.25, -0.2) is 0 Å². The van der Waals surface area contributed by atoms with Gasteiger partial charge in [0, 0.05) is 38.3 Å². The Morgan fingerprint density at radius 1 is 1.40 bits per heavy atom. The Morgan fingerprint density at radius 2 is 2.25 bits per heavy atom. The molecule has 118 valence electrons. The smallest absolute Gasteiger partial charge is 0.191 e. The summed E-state index contributed by atoms with van der Waals surface area (Å²) >= 11 is 0. The van der Waals surface area contributed by atoms with Gasteiger partial charge in [-0.1, -0.05) is 0 Å². The standard InChI is InChI=1S/C14H29N3O3/c1-3-15-13(16-7-10-19-4-2)17-11-14(5-8-18)6-9-20-12-14/h18H,3-12H2,1-2H3,(H2,15,16,17). The van der Waals surface area contributed by atoms with E-state index in [1.54, 1.807) is 0 Å². The Bertz CT molecular complexity index is 279. The van der Waals surface area contributed by atoms with Gasteiger partial charge in [-0.05, 0) is 26.7 Å². The van der Waals surface area contributed by atoms with Crippen LogP contribution in [0.5, 0.6) is 0 Å². The van der Waals surface area contributed by atoms with Crippen molar-refractivity contribution >= 4 is 5.96 Å². The van der Waals surface area contributed by atoms with Gasteiger partial charge < -0.3 is 25.2 Å². The molecular formula is C14H29N3O3. The van der Waals surface area contributed by atoms with Crippen molar-refractivity contribution in [2.45, 2.75) is 26.7 Å². The van der Waals surface area contributed by atoms with E-state index in [-0.39, 0.29) is 12.0 Å². The lowest BCUT2D eigenvalue weighted by molar-refractivity contribution is 0.131. The summed E-state index contributed by atoms with van der Waals surface area (Å²) in [5.74, 6) is 0.802. The van der Waals surface area contributed by atoms with Crippen LogP contribution in [0, 0.1) is 5.41 Å². The molecule has 0 spiro atoms. The summed E-state index contributed by atoms with van der Waals surface area (Å²) in [6.07, 6.45) is 1.71. The predicted octanol–water partition coefficient (Wildman–Crippen LogP) is 0.367. The minimum atomic E-state index is -0.00296. The third kappa shape index (κ3) is 6.07. The first-order valence-electron chi connectivity index (χ1n) is 7.55. The monoisotopic (exact) mass is 287 g/mol. The number of aliphatic hydroxyl groups is 1. The summed E-state index contributed by atoms with van der Waals surface area (Å²) in [5.41, 5.74) is -0.00296. The fraction of sp³-hybridized carbons (Fsp3) is 0.929. The van der Waals surface area contributed by atoms with Crippen molar-refractivity contribution in [1.82, 2.24) is 10.6 Å². The summed E-state index contributed by atoms with van der Waals surface area (Å²) in [7, 11) is 0. The Kier molecular flexibility index (Phi) is 8.57. The molecule has 6 heteroatoms. The number of aliphatic hydroxyl groups excluding tert-OH is 1. The van der Waals surface area contributed by atoms with Crippen LogP contribution in [0.25, 0.3) is 0 Å². The number of ether oxygens (including phenoxy) is 2. The highest BCUT2D eigenvalue weighted by molar-refractivity contribution is 5.79. The van der Waals surface area contributed by atoms with Gasteiger partial charge in [0.05, 0.1) is 19.8 Å². The number of hydrogen-bond acceptors (Lipinski definition) is 4. The number of aliphatic imine (C=N–C) groups is 1. The van der Waals surface area contributed by atoms with Crippen LogP contribution in [0.3, 0.4) is 0 Å². The van der Waals surface area contributed by atoms with Crippen LogP contribution >= 0.6 is 0 Å². The molecule has 6 nitrogen and oxygen atoms in total. The van der Waals surface area contributed by atoms with Crippen LogP contribution in [0.4, 0.5) is 0 Å². The molecule has 1 aliphatic rings. The maximum atomic E-state index is 9.21. The Hall–Kier alpha value is -0.850. The van der Waals surface area contributed by atoms with Gasteiger partial charge in [-0.3, -0.25) is 4.99 Å². The third-order valence-corrected chi connectivity index (χ3v) is 3.49. The zero-order chi connectivity index (χ0) is 14.7. The van der Waals surface area contributed by atoms with Crippen molar-refractivity contribution in [3.8, 4) is 0 Å². The molecule has 0 aliphatic carbocycles. The number of hydrogen-bond donors (Lipinski definition) is 3. The number of guanidine groups is 1. The average molecular weight is 287 g/mol. The Morgan fingerprint density at radius 3 is 2.85 bits per heavy atom. The fourth-order valence-corrected chi connectivity index (χ4v) is 2.26. The molecule has 1 saturated heterocycles. The van der Waals surface area contributed by atoms with Crippen molar-refractivity contribution in [2.75, 3.05) is 52.7 Å². The van der Waals surface area contributed by atoms with E-state index >= 15 is 0 Å². The van der Waals surface area contributed by atoms with Crippen LogP contribution in [-0.4, -0.2) is 63.7 Å². The van der Waals surface area contributed by atoms with E-state index in [0.717, 1.165) is 45.1 Å². The van der Waals surface area contributed by atoms with E-state index in [0.29, 0.717) is 19.8 Å². The van der Waals surface area contributed by atoms with Gasteiger partial charge in [0.2, 0.25) is 0 Å². The molecule has 1 heterocycles. The molecule has 1 unspecified atom stereocenters. The maximum Gasteiger partial charge on any atom is 0.191 e. The molecule has 0 aromatic carbocycles. The van der Waals surface area contributed by atoms with Gasteiger partial charge in [0.25, 0.3) is 0 Å². The topological polar surface area (TPSA) is 75.1 Å². The highest BCUT2D eigenvalue weighted by Crippen LogP contribution is 2.32. The second kappa shape index (κ2) is 9.96. The first-order valence-corrected chi connectivity index (χ1v) is 7.55. The van der Waals surface area contributed by atoms with Crippen LogP contribution < -0.4 is 10.6 Å². The second-order valence-electron chi connectivity index (χ2n) is 5.10. The highest BCUT2D eigenvalue weighted by Gasteiger charge is 2.34. The number of rotatable bonds is 9. The number of nitrogens with zero attached hydrogens (tertiary/aromatic N) is 1. The van der Waals surface area contributed by atoms with E-state index in [4.69, 9.17) is 9.47 Å². The summed E-state index contributed by atoms with van der Waals surface area (Å²) < 4.78 is 10.8. The number of nitrogens with one attached hydrogen (secondary N) is 2. The lowest BCUT2D eigenvalue weighted by Gasteiger charge is -2.24. The first kappa shape index (κ1) is 17.2. The molecule has 1 atom stereocenters. The van der Waals surface area contributed by atoms with Crippen LogP contribution in [0.1, 0.15) is 26.7 Å². The van der Waals surface area contributed by atoms with Crippen molar-refractivity contribution in [3.63, 3.8) is 0 Å². The molecule has 1 fully saturated rings. The zero-order valence-corrected chi connectivity index (χ0v) is 12.8. The lowest BCUT2D eigenvalue weighted by Crippen LogP contribution is -2.40. The van der Waals surface area contributed by atoms with Crippen LogP contribution in [0.15, 0.2) is 4.99 Å². The predicted molar refractivity (Wildman–Crippen MR) is 80.0 cm³/mol. The zero-order valence-electron chi connectivity index (χ0n) is 12.8. The molecule has 0 aromatic heterocycles. The van der Waals surface area contributed by atoms with Crippen molar-refractivity contribution < 1.29 is 14.6 Å². The summed E-state index contributed by atoms with van der Waals surface area (Å²) in [6, 6.07) is 0. The molecule has 1 aliphatic heterocycles. The largest absolute Gasteiger partial charge is 0.396 e. The van der Waals surface area contributed by atoms with Crippen molar-refractivity contribution in [2.24, 2.45) is 10.4 Å². The fourth-order valence-electron chi connectivity index (χ4n) is 2.26. The van der Waals surface area contributed by atoms with Gasteiger partial charge in [0.1, 0.15) is 0 Å². The van der Waals surface area contributed by atoms with E-state index < -0.39 is 0 Å². The highest BCUT2D eigenvalue weighted by atomic mass is 16.5. The first-order chi connectivity index (χ1) is 9.76. The minimum Gasteiger partial charge on any atom is -0.396 e. The molecule has 20 heavy (non-hydrogen) atoms. The molecule has 1 rings (SSSR count). The molecule has 0 saturated carbocycles. The molecule has 0 radical (unpaired) electrons. The quantitative estimate of drug-likeness (QED) is 0.324. The van der Waals surface area contributed by atoms with Crippen molar-refractivity contribution in [1.29, 1.82) is 0 Å². The lowest BCUT2D eigenvalue weighted by atomic mass is 9.84. The molecule has 0 bridgehead atoms. The van der Waals surface area contributed by atoms with Crippen LogP contribution in [0.2, 0.25) is 0 Å². The molecular weight excluding hydrogens is 258 g/mol. The average Bonchev–Trinajstić information content (AvgIpc) is 2.90. The van der Waals surface area contributed by atoms with Gasteiger partial charge in [-0.2, -0.15) is 0 Å². The minimum absolute atomic E-state index is 0.00296. The second-order valence-corrected chi connectivity index (χ2v) is 5.10. The van der Waals surface area contributed by atoms with Gasteiger partial charge in [0.15, 0.2) is 5.96 Å². The van der Waals surface area contributed by atoms with Gasteiger partial charge in [-0.15, -0.1) is 0 Å². The van der Waals surface area contributed by atoms with E-state index in [1.807, 2.05) is 13.8 Å². The maximum absolute atomic E-state index is 9.21. The van der Waals surface area contributed by atoms with E-state index in [2.05, 4.69) is 15.6 Å². The Balaban J connectivity index is 2.46. The van der Waals surface area contributed by atoms with Crippen LogP contribution in [-0.2, 0) is 9.47 Å². The Labute approximate surface area is 121 Å². The van der Waals surface area contributed by atoms with E-state index in [1.165, 1.54) is 0 Å². The summed E-state index contributed by atoms with van der Waals surface area (Å²) in [6.45, 7) is 9.31. The normalized spacial score (nSPS) is 23.1. The third-order valence-electron chi connectivity index (χ3n) is 3.49. The van der Waals surface area contributed by atoms with Crippen molar-refractivity contribution in [3.05, 3.63) is 0 Å². The van der Waals surface area contributed by atoms with Gasteiger partial charge >= 0.3 is 0 Å². The summed E-state index contributed by atoms with van der Waals surface area (Å²) in [5, 5.41) is 15.7.